The molecule has 1 aliphatic rings. The average molecular weight is 486 g/mol. The quantitative estimate of drug-likeness (QED) is 0.512. The lowest BCUT2D eigenvalue weighted by Gasteiger charge is -2.51. The average Bonchev–Trinajstić information content (AvgIpc) is 3.27. The molecular formula is C23H21ClFN5O4. The van der Waals surface area contributed by atoms with Crippen LogP contribution in [0, 0.1) is 17.1 Å². The van der Waals surface area contributed by atoms with Gasteiger partial charge >= 0.3 is 0 Å². The normalized spacial score (nSPS) is 21.3. The van der Waals surface area contributed by atoms with E-state index in [0.29, 0.717) is 35.9 Å². The van der Waals surface area contributed by atoms with E-state index in [1.165, 1.54) is 24.5 Å². The smallest absolute Gasteiger partial charge is 0.258 e. The fourth-order valence-corrected chi connectivity index (χ4v) is 4.38. The minimum atomic E-state index is -0.613. The van der Waals surface area contributed by atoms with E-state index in [-0.39, 0.29) is 29.9 Å². The lowest BCUT2D eigenvalue weighted by molar-refractivity contribution is -0.127. The Hall–Kier alpha value is -3.71. The number of carbonyl (C=O) groups is 1. The van der Waals surface area contributed by atoms with Crippen molar-refractivity contribution in [2.45, 2.75) is 44.2 Å². The predicted molar refractivity (Wildman–Crippen MR) is 118 cm³/mol. The third-order valence-electron chi connectivity index (χ3n) is 5.45. The Balaban J connectivity index is 1.28. The van der Waals surface area contributed by atoms with Gasteiger partial charge < -0.3 is 19.2 Å². The first-order valence-electron chi connectivity index (χ1n) is 10.4. The van der Waals surface area contributed by atoms with E-state index < -0.39 is 16.8 Å². The first-order chi connectivity index (χ1) is 16.2. The molecule has 9 nitrogen and oxygen atoms in total. The Labute approximate surface area is 199 Å². The number of benzene rings is 1. The molecule has 1 amide bonds. The van der Waals surface area contributed by atoms with Crippen LogP contribution in [-0.4, -0.2) is 33.2 Å². The number of rotatable bonds is 8. The van der Waals surface area contributed by atoms with Crippen LogP contribution in [0.4, 0.5) is 4.39 Å². The number of nitriles is 1. The van der Waals surface area contributed by atoms with Crippen molar-refractivity contribution in [1.82, 2.24) is 20.5 Å². The van der Waals surface area contributed by atoms with Gasteiger partial charge in [-0.15, -0.1) is 10.2 Å². The fourth-order valence-electron chi connectivity index (χ4n) is 4.26. The van der Waals surface area contributed by atoms with Gasteiger partial charge in [0.2, 0.25) is 5.89 Å². The molecule has 0 unspecified atom stereocenters. The van der Waals surface area contributed by atoms with Crippen molar-refractivity contribution >= 4 is 17.5 Å². The van der Waals surface area contributed by atoms with Crippen LogP contribution in [0.25, 0.3) is 0 Å². The number of ether oxygens (including phenoxy) is 2. The summed E-state index contributed by atoms with van der Waals surface area (Å²) in [5, 5.41) is 20.0. The van der Waals surface area contributed by atoms with Crippen molar-refractivity contribution < 1.29 is 23.1 Å². The Morgan fingerprint density at radius 2 is 2.03 bits per heavy atom. The Kier molecular flexibility index (Phi) is 6.39. The second-order valence-electron chi connectivity index (χ2n) is 8.70. The largest absolute Gasteiger partial charge is 0.484 e. The highest BCUT2D eigenvalue weighted by atomic mass is 35.5. The lowest BCUT2D eigenvalue weighted by atomic mass is 9.59. The highest BCUT2D eigenvalue weighted by molar-refractivity contribution is 6.30. The van der Waals surface area contributed by atoms with Crippen molar-refractivity contribution in [1.29, 1.82) is 5.26 Å². The van der Waals surface area contributed by atoms with Crippen molar-refractivity contribution in [3.63, 3.8) is 0 Å². The minimum Gasteiger partial charge on any atom is -0.484 e. The minimum absolute atomic E-state index is 0.0148. The zero-order valence-corrected chi connectivity index (χ0v) is 19.2. The summed E-state index contributed by atoms with van der Waals surface area (Å²) in [6.45, 7) is 3.68. The number of pyridine rings is 1. The number of hydrogen-bond donors (Lipinski definition) is 1. The molecule has 1 aromatic carbocycles. The molecule has 1 saturated carbocycles. The van der Waals surface area contributed by atoms with Crippen LogP contribution in [0.3, 0.4) is 0 Å². The summed E-state index contributed by atoms with van der Waals surface area (Å²) in [6.07, 6.45) is 4.09. The van der Waals surface area contributed by atoms with Crippen LogP contribution < -0.4 is 14.8 Å². The van der Waals surface area contributed by atoms with Crippen molar-refractivity contribution in [2.75, 3.05) is 6.61 Å². The molecule has 1 aliphatic carbocycles. The maximum atomic E-state index is 13.5. The highest BCUT2D eigenvalue weighted by Crippen LogP contribution is 2.49. The molecule has 34 heavy (non-hydrogen) atoms. The standard InChI is InChI=1S/C23H21ClFN5O4/c1-22(21-30-29-20(34-21)11-33-16-5-14(7-26)8-27-9-16)12-23(2,13-22)28-19(31)10-32-15-3-4-17(24)18(25)6-15/h3-6,8-9H,10-13H2,1-2H3,(H,28,31). The summed E-state index contributed by atoms with van der Waals surface area (Å²) in [5.41, 5.74) is -0.497. The second-order valence-corrected chi connectivity index (χ2v) is 9.11. The van der Waals surface area contributed by atoms with Gasteiger partial charge in [0.05, 0.1) is 22.2 Å². The molecule has 0 radical (unpaired) electrons. The summed E-state index contributed by atoms with van der Waals surface area (Å²) >= 11 is 5.65. The fraction of sp³-hybridized carbons (Fsp3) is 0.348. The van der Waals surface area contributed by atoms with Crippen molar-refractivity contribution in [2.24, 2.45) is 0 Å². The van der Waals surface area contributed by atoms with Gasteiger partial charge in [0.1, 0.15) is 23.4 Å². The van der Waals surface area contributed by atoms with Gasteiger partial charge in [-0.05, 0) is 31.9 Å². The second kappa shape index (κ2) is 9.27. The molecule has 11 heteroatoms. The summed E-state index contributed by atoms with van der Waals surface area (Å²) in [5.74, 6) is 0.448. The zero-order chi connectivity index (χ0) is 24.3. The van der Waals surface area contributed by atoms with E-state index in [1.807, 2.05) is 19.9 Å². The predicted octanol–water partition coefficient (Wildman–Crippen LogP) is 3.71. The van der Waals surface area contributed by atoms with E-state index in [1.54, 1.807) is 6.07 Å². The molecule has 0 bridgehead atoms. The van der Waals surface area contributed by atoms with Crippen LogP contribution in [0.2, 0.25) is 5.02 Å². The summed E-state index contributed by atoms with van der Waals surface area (Å²) in [6, 6.07) is 7.56. The highest BCUT2D eigenvalue weighted by Gasteiger charge is 2.53. The molecule has 1 N–H and O–H groups in total. The van der Waals surface area contributed by atoms with Gasteiger partial charge in [0, 0.05) is 23.9 Å². The lowest BCUT2D eigenvalue weighted by Crippen LogP contribution is -2.61. The molecule has 0 spiro atoms. The number of halogens is 2. The Bertz CT molecular complexity index is 1250. The van der Waals surface area contributed by atoms with Gasteiger partial charge in [-0.25, -0.2) is 4.39 Å². The monoisotopic (exact) mass is 485 g/mol. The molecule has 4 rings (SSSR count). The molecule has 0 saturated heterocycles. The Morgan fingerprint density at radius 3 is 2.76 bits per heavy atom. The molecule has 2 heterocycles. The van der Waals surface area contributed by atoms with E-state index >= 15 is 0 Å². The summed E-state index contributed by atoms with van der Waals surface area (Å²) < 4.78 is 30.2. The van der Waals surface area contributed by atoms with Crippen LogP contribution in [0.1, 0.15) is 44.0 Å². The zero-order valence-electron chi connectivity index (χ0n) is 18.5. The Morgan fingerprint density at radius 1 is 1.24 bits per heavy atom. The van der Waals surface area contributed by atoms with Gasteiger partial charge in [-0.3, -0.25) is 9.78 Å². The number of nitrogens with zero attached hydrogens (tertiary/aromatic N) is 4. The van der Waals surface area contributed by atoms with Crippen LogP contribution in [0.5, 0.6) is 11.5 Å². The molecule has 176 valence electrons. The third kappa shape index (κ3) is 5.26. The first-order valence-corrected chi connectivity index (χ1v) is 10.8. The van der Waals surface area contributed by atoms with Gasteiger partial charge in [-0.1, -0.05) is 18.5 Å². The molecular weight excluding hydrogens is 465 g/mol. The van der Waals surface area contributed by atoms with Gasteiger partial charge in [0.15, 0.2) is 13.2 Å². The van der Waals surface area contributed by atoms with E-state index in [9.17, 15) is 9.18 Å². The SMILES string of the molecule is CC1(NC(=O)COc2ccc(Cl)c(F)c2)CC(C)(c2nnc(COc3cncc(C#N)c3)o2)C1. The maximum Gasteiger partial charge on any atom is 0.258 e. The molecule has 1 fully saturated rings. The number of nitrogens with one attached hydrogen (secondary N) is 1. The number of aromatic nitrogens is 3. The summed E-state index contributed by atoms with van der Waals surface area (Å²) in [7, 11) is 0. The third-order valence-corrected chi connectivity index (χ3v) is 5.76. The van der Waals surface area contributed by atoms with E-state index in [0.717, 1.165) is 6.07 Å². The van der Waals surface area contributed by atoms with Crippen molar-refractivity contribution in [3.8, 4) is 17.6 Å². The van der Waals surface area contributed by atoms with E-state index in [2.05, 4.69) is 20.5 Å². The molecule has 0 atom stereocenters. The molecule has 2 aromatic heterocycles. The topological polar surface area (TPSA) is 123 Å². The van der Waals surface area contributed by atoms with Gasteiger partial charge in [-0.2, -0.15) is 5.26 Å². The van der Waals surface area contributed by atoms with Crippen LogP contribution in [-0.2, 0) is 16.8 Å². The number of hydrogen-bond acceptors (Lipinski definition) is 8. The van der Waals surface area contributed by atoms with E-state index in [4.69, 9.17) is 30.8 Å². The van der Waals surface area contributed by atoms with Crippen LogP contribution >= 0.6 is 11.6 Å². The van der Waals surface area contributed by atoms with Gasteiger partial charge in [0.25, 0.3) is 11.8 Å². The van der Waals surface area contributed by atoms with Crippen molar-refractivity contribution in [3.05, 3.63) is 64.8 Å². The summed E-state index contributed by atoms with van der Waals surface area (Å²) in [4.78, 5) is 16.3. The van der Waals surface area contributed by atoms with Crippen LogP contribution in [0.15, 0.2) is 41.1 Å². The number of amides is 1. The first kappa shape index (κ1) is 23.4. The molecule has 0 aliphatic heterocycles. The molecule has 3 aromatic rings. The number of carbonyl (C=O) groups excluding carboxylic acids is 1. The maximum absolute atomic E-state index is 13.5.